The maximum Gasteiger partial charge on any atom is 0.283 e. The highest BCUT2D eigenvalue weighted by atomic mass is 16.5. The average Bonchev–Trinajstić information content (AvgIpc) is 3.16. The van der Waals surface area contributed by atoms with Gasteiger partial charge in [-0.15, -0.1) is 5.10 Å². The van der Waals surface area contributed by atoms with Crippen molar-refractivity contribution in [2.24, 2.45) is 0 Å². The van der Waals surface area contributed by atoms with Crippen LogP contribution in [0.1, 0.15) is 11.1 Å². The predicted octanol–water partition coefficient (Wildman–Crippen LogP) is 2.35. The predicted molar refractivity (Wildman–Crippen MR) is 104 cm³/mol. The molecule has 8 nitrogen and oxygen atoms in total. The van der Waals surface area contributed by atoms with Crippen molar-refractivity contribution in [1.82, 2.24) is 24.5 Å². The molecule has 0 unspecified atom stereocenters. The van der Waals surface area contributed by atoms with Crippen molar-refractivity contribution < 1.29 is 9.47 Å². The van der Waals surface area contributed by atoms with E-state index in [4.69, 9.17) is 9.47 Å². The minimum atomic E-state index is -0.236. The summed E-state index contributed by atoms with van der Waals surface area (Å²) < 4.78 is 13.6. The van der Waals surface area contributed by atoms with Crippen molar-refractivity contribution in [3.63, 3.8) is 0 Å². The van der Waals surface area contributed by atoms with E-state index in [1.165, 1.54) is 15.6 Å². The molecule has 142 valence electrons. The van der Waals surface area contributed by atoms with Gasteiger partial charge in [0.15, 0.2) is 22.7 Å². The van der Waals surface area contributed by atoms with E-state index in [0.29, 0.717) is 29.4 Å². The number of nitrogens with zero attached hydrogens (tertiary/aromatic N) is 5. The third kappa shape index (κ3) is 2.98. The molecule has 0 spiro atoms. The maximum atomic E-state index is 12.9. The summed E-state index contributed by atoms with van der Waals surface area (Å²) in [5.41, 5.74) is 3.20. The van der Waals surface area contributed by atoms with E-state index >= 15 is 0 Å². The van der Waals surface area contributed by atoms with Gasteiger partial charge >= 0.3 is 0 Å². The molecule has 0 atom stereocenters. The van der Waals surface area contributed by atoms with Crippen molar-refractivity contribution in [2.75, 3.05) is 14.2 Å². The van der Waals surface area contributed by atoms with Crippen molar-refractivity contribution in [3.8, 4) is 17.2 Å². The van der Waals surface area contributed by atoms with E-state index in [2.05, 4.69) is 15.3 Å². The minimum Gasteiger partial charge on any atom is -0.493 e. The van der Waals surface area contributed by atoms with Crippen LogP contribution < -0.4 is 15.0 Å². The number of ether oxygens (including phenoxy) is 2. The summed E-state index contributed by atoms with van der Waals surface area (Å²) in [5, 5.41) is 8.18. The molecule has 0 bridgehead atoms. The zero-order valence-electron chi connectivity index (χ0n) is 15.8. The van der Waals surface area contributed by atoms with Crippen LogP contribution in [0.4, 0.5) is 0 Å². The fourth-order valence-electron chi connectivity index (χ4n) is 3.06. The molecular formula is C20H19N5O3. The second kappa shape index (κ2) is 7.15. The molecule has 28 heavy (non-hydrogen) atoms. The van der Waals surface area contributed by atoms with Crippen molar-refractivity contribution in [1.29, 1.82) is 0 Å². The summed E-state index contributed by atoms with van der Waals surface area (Å²) in [7, 11) is 3.13. The van der Waals surface area contributed by atoms with Crippen LogP contribution in [0, 0.1) is 6.92 Å². The highest BCUT2D eigenvalue weighted by Gasteiger charge is 2.15. The maximum absolute atomic E-state index is 12.9. The molecule has 2 aromatic carbocycles. The number of hydrogen-bond acceptors (Lipinski definition) is 6. The first-order valence-corrected chi connectivity index (χ1v) is 8.70. The number of fused-ring (bicyclic) bond motifs is 1. The standard InChI is InChI=1S/C20H19N5O3/c1-13-6-4-5-7-14(13)11-24-12-21-19-18(20(24)26)22-23-25(19)15-8-9-16(27-2)17(10-15)28-3/h4-10,12H,11H2,1-3H3. The number of aryl methyl sites for hydroxylation is 1. The summed E-state index contributed by atoms with van der Waals surface area (Å²) in [5.74, 6) is 1.15. The largest absolute Gasteiger partial charge is 0.493 e. The number of hydrogen-bond donors (Lipinski definition) is 0. The topological polar surface area (TPSA) is 84.1 Å². The fraction of sp³-hybridized carbons (Fsp3) is 0.200. The zero-order chi connectivity index (χ0) is 19.7. The van der Waals surface area contributed by atoms with Gasteiger partial charge in [0.2, 0.25) is 0 Å². The Morgan fingerprint density at radius 2 is 1.82 bits per heavy atom. The third-order valence-electron chi connectivity index (χ3n) is 4.64. The van der Waals surface area contributed by atoms with E-state index in [1.54, 1.807) is 32.4 Å². The number of methoxy groups -OCH3 is 2. The first-order valence-electron chi connectivity index (χ1n) is 8.70. The molecule has 4 aromatic rings. The van der Waals surface area contributed by atoms with E-state index in [0.717, 1.165) is 11.1 Å². The summed E-state index contributed by atoms with van der Waals surface area (Å²) in [6.07, 6.45) is 1.53. The normalized spacial score (nSPS) is 11.0. The van der Waals surface area contributed by atoms with Gasteiger partial charge in [-0.25, -0.2) is 4.98 Å². The number of aromatic nitrogens is 5. The quantitative estimate of drug-likeness (QED) is 0.531. The molecule has 0 saturated heterocycles. The first-order chi connectivity index (χ1) is 13.6. The minimum absolute atomic E-state index is 0.214. The van der Waals surface area contributed by atoms with E-state index in [9.17, 15) is 4.79 Å². The van der Waals surface area contributed by atoms with Gasteiger partial charge in [0.05, 0.1) is 26.5 Å². The lowest BCUT2D eigenvalue weighted by atomic mass is 10.1. The Morgan fingerprint density at radius 3 is 2.57 bits per heavy atom. The Kier molecular flexibility index (Phi) is 4.52. The zero-order valence-corrected chi connectivity index (χ0v) is 15.8. The third-order valence-corrected chi connectivity index (χ3v) is 4.64. The van der Waals surface area contributed by atoms with E-state index < -0.39 is 0 Å². The Balaban J connectivity index is 1.77. The lowest BCUT2D eigenvalue weighted by Crippen LogP contribution is -2.22. The van der Waals surface area contributed by atoms with Crippen LogP contribution in [-0.4, -0.2) is 38.8 Å². The van der Waals surface area contributed by atoms with Gasteiger partial charge in [-0.3, -0.25) is 9.36 Å². The summed E-state index contributed by atoms with van der Waals surface area (Å²) in [4.78, 5) is 17.3. The van der Waals surface area contributed by atoms with Crippen molar-refractivity contribution in [2.45, 2.75) is 13.5 Å². The van der Waals surface area contributed by atoms with Gasteiger partial charge in [-0.1, -0.05) is 29.5 Å². The molecule has 2 aromatic heterocycles. The monoisotopic (exact) mass is 377 g/mol. The molecule has 4 rings (SSSR count). The van der Waals surface area contributed by atoms with E-state index in [1.807, 2.05) is 31.2 Å². The van der Waals surface area contributed by atoms with Gasteiger partial charge in [0.1, 0.15) is 6.33 Å². The van der Waals surface area contributed by atoms with Gasteiger partial charge in [0, 0.05) is 6.07 Å². The summed E-state index contributed by atoms with van der Waals surface area (Å²) in [6.45, 7) is 2.44. The Morgan fingerprint density at radius 1 is 1.04 bits per heavy atom. The van der Waals surface area contributed by atoms with Gasteiger partial charge in [-0.2, -0.15) is 4.68 Å². The van der Waals surface area contributed by atoms with Crippen LogP contribution in [0.25, 0.3) is 16.9 Å². The molecule has 0 radical (unpaired) electrons. The highest BCUT2D eigenvalue weighted by Crippen LogP contribution is 2.29. The van der Waals surface area contributed by atoms with Crippen LogP contribution in [0.15, 0.2) is 53.6 Å². The smallest absolute Gasteiger partial charge is 0.283 e. The SMILES string of the molecule is COc1ccc(-n2nnc3c(=O)n(Cc4ccccc4C)cnc32)cc1OC. The van der Waals surface area contributed by atoms with E-state index in [-0.39, 0.29) is 11.1 Å². The Bertz CT molecular complexity index is 1210. The summed E-state index contributed by atoms with van der Waals surface area (Å²) >= 11 is 0. The molecule has 0 aliphatic carbocycles. The van der Waals surface area contributed by atoms with Crippen LogP contribution in [0.2, 0.25) is 0 Å². The summed E-state index contributed by atoms with van der Waals surface area (Å²) in [6, 6.07) is 13.3. The van der Waals surface area contributed by atoms with Crippen LogP contribution in [-0.2, 0) is 6.54 Å². The van der Waals surface area contributed by atoms with Crippen LogP contribution in [0.3, 0.4) is 0 Å². The highest BCUT2D eigenvalue weighted by molar-refractivity contribution is 5.70. The van der Waals surface area contributed by atoms with Crippen LogP contribution >= 0.6 is 0 Å². The molecule has 0 fully saturated rings. The van der Waals surface area contributed by atoms with Crippen molar-refractivity contribution in [3.05, 3.63) is 70.3 Å². The molecule has 0 amide bonds. The fourth-order valence-corrected chi connectivity index (χ4v) is 3.06. The van der Waals surface area contributed by atoms with Gasteiger partial charge in [-0.05, 0) is 30.2 Å². The van der Waals surface area contributed by atoms with Gasteiger partial charge < -0.3 is 9.47 Å². The second-order valence-corrected chi connectivity index (χ2v) is 6.32. The Labute approximate surface area is 161 Å². The number of rotatable bonds is 5. The molecule has 0 saturated carbocycles. The second-order valence-electron chi connectivity index (χ2n) is 6.32. The molecular weight excluding hydrogens is 358 g/mol. The van der Waals surface area contributed by atoms with Crippen molar-refractivity contribution >= 4 is 11.2 Å². The number of benzene rings is 2. The average molecular weight is 377 g/mol. The van der Waals surface area contributed by atoms with Gasteiger partial charge in [0.25, 0.3) is 5.56 Å². The Hall–Kier alpha value is -3.68. The molecule has 0 aliphatic heterocycles. The lowest BCUT2D eigenvalue weighted by molar-refractivity contribution is 0.355. The molecule has 8 heteroatoms. The molecule has 2 heterocycles. The molecule has 0 aliphatic rings. The first kappa shape index (κ1) is 17.7. The van der Waals surface area contributed by atoms with Crippen LogP contribution in [0.5, 0.6) is 11.5 Å². The lowest BCUT2D eigenvalue weighted by Gasteiger charge is -2.10. The molecule has 0 N–H and O–H groups in total.